The minimum atomic E-state index is 0.587. The summed E-state index contributed by atoms with van der Waals surface area (Å²) in [6, 6.07) is 11.6. The molecule has 0 spiro atoms. The van der Waals surface area contributed by atoms with Gasteiger partial charge in [-0.05, 0) is 30.7 Å². The molecule has 5 heteroatoms. The van der Waals surface area contributed by atoms with Crippen LogP contribution in [0.4, 0.5) is 10.8 Å². The van der Waals surface area contributed by atoms with Gasteiger partial charge in [-0.25, -0.2) is 4.98 Å². The Morgan fingerprint density at radius 3 is 2.42 bits per heavy atom. The molecule has 0 saturated carbocycles. The van der Waals surface area contributed by atoms with Crippen molar-refractivity contribution < 1.29 is 0 Å². The Morgan fingerprint density at radius 2 is 1.74 bits per heavy atom. The zero-order valence-electron chi connectivity index (χ0n) is 10.1. The SMILES string of the molecule is Cc1cccc2sc(Nc3c(Cl)cccc3Cl)nc12. The monoisotopic (exact) mass is 308 g/mol. The van der Waals surface area contributed by atoms with E-state index in [-0.39, 0.29) is 0 Å². The summed E-state index contributed by atoms with van der Waals surface area (Å²) in [4.78, 5) is 4.58. The lowest BCUT2D eigenvalue weighted by atomic mass is 10.2. The Hall–Kier alpha value is -1.29. The van der Waals surface area contributed by atoms with Gasteiger partial charge in [0.1, 0.15) is 0 Å². The zero-order valence-corrected chi connectivity index (χ0v) is 12.4. The van der Waals surface area contributed by atoms with E-state index >= 15 is 0 Å². The van der Waals surface area contributed by atoms with Crippen molar-refractivity contribution in [2.75, 3.05) is 5.32 Å². The van der Waals surface area contributed by atoms with Crippen molar-refractivity contribution >= 4 is 55.6 Å². The summed E-state index contributed by atoms with van der Waals surface area (Å²) in [5.74, 6) is 0. The molecular weight excluding hydrogens is 299 g/mol. The van der Waals surface area contributed by atoms with Crippen molar-refractivity contribution in [1.29, 1.82) is 0 Å². The molecule has 2 nitrogen and oxygen atoms in total. The Bertz CT molecular complexity index is 732. The number of anilines is 2. The number of para-hydroxylation sites is 2. The number of hydrogen-bond donors (Lipinski definition) is 1. The molecule has 1 N–H and O–H groups in total. The summed E-state index contributed by atoms with van der Waals surface area (Å²) in [7, 11) is 0. The standard InChI is InChI=1S/C14H10Cl2N2S/c1-8-4-2-7-11-12(8)17-14(19-11)18-13-9(15)5-3-6-10(13)16/h2-7H,1H3,(H,17,18). The van der Waals surface area contributed by atoms with Crippen molar-refractivity contribution in [3.05, 3.63) is 52.0 Å². The molecule has 0 saturated heterocycles. The van der Waals surface area contributed by atoms with Crippen molar-refractivity contribution in [2.24, 2.45) is 0 Å². The molecule has 1 aromatic heterocycles. The maximum absolute atomic E-state index is 6.14. The van der Waals surface area contributed by atoms with Crippen LogP contribution in [0.1, 0.15) is 5.56 Å². The summed E-state index contributed by atoms with van der Waals surface area (Å²) in [6.07, 6.45) is 0. The molecule has 2 aromatic carbocycles. The van der Waals surface area contributed by atoms with Gasteiger partial charge in [-0.1, -0.05) is 52.7 Å². The van der Waals surface area contributed by atoms with Crippen LogP contribution >= 0.6 is 34.5 Å². The Kier molecular flexibility index (Phi) is 3.35. The van der Waals surface area contributed by atoms with Gasteiger partial charge in [0, 0.05) is 0 Å². The first kappa shape index (κ1) is 12.7. The summed E-state index contributed by atoms with van der Waals surface area (Å²) in [6.45, 7) is 2.05. The first-order valence-electron chi connectivity index (χ1n) is 5.72. The normalized spacial score (nSPS) is 10.9. The van der Waals surface area contributed by atoms with E-state index in [0.717, 1.165) is 20.9 Å². The van der Waals surface area contributed by atoms with Gasteiger partial charge in [0.05, 0.1) is 25.9 Å². The lowest BCUT2D eigenvalue weighted by Gasteiger charge is -2.06. The van der Waals surface area contributed by atoms with Gasteiger partial charge in [0.25, 0.3) is 0 Å². The lowest BCUT2D eigenvalue weighted by molar-refractivity contribution is 1.40. The molecule has 3 aromatic rings. The largest absolute Gasteiger partial charge is 0.329 e. The summed E-state index contributed by atoms with van der Waals surface area (Å²) in [5.41, 5.74) is 2.87. The van der Waals surface area contributed by atoms with Crippen molar-refractivity contribution in [2.45, 2.75) is 6.92 Å². The maximum Gasteiger partial charge on any atom is 0.188 e. The molecule has 3 rings (SSSR count). The number of fused-ring (bicyclic) bond motifs is 1. The van der Waals surface area contributed by atoms with Gasteiger partial charge in [0.2, 0.25) is 0 Å². The van der Waals surface area contributed by atoms with Crippen LogP contribution < -0.4 is 5.32 Å². The van der Waals surface area contributed by atoms with Crippen LogP contribution in [-0.4, -0.2) is 4.98 Å². The van der Waals surface area contributed by atoms with Gasteiger partial charge in [-0.3, -0.25) is 0 Å². The fourth-order valence-corrected chi connectivity index (χ4v) is 3.30. The number of nitrogens with one attached hydrogen (secondary N) is 1. The first-order chi connectivity index (χ1) is 9.15. The third kappa shape index (κ3) is 2.41. The Balaban J connectivity index is 2.04. The summed E-state index contributed by atoms with van der Waals surface area (Å²) >= 11 is 13.9. The summed E-state index contributed by atoms with van der Waals surface area (Å²) in [5, 5.41) is 5.16. The molecule has 0 bridgehead atoms. The van der Waals surface area contributed by atoms with E-state index in [4.69, 9.17) is 23.2 Å². The average molecular weight is 309 g/mol. The number of rotatable bonds is 2. The molecule has 96 valence electrons. The van der Waals surface area contributed by atoms with Gasteiger partial charge >= 0.3 is 0 Å². The predicted octanol–water partition coefficient (Wildman–Crippen LogP) is 5.66. The second-order valence-electron chi connectivity index (χ2n) is 4.16. The van der Waals surface area contributed by atoms with E-state index < -0.39 is 0 Å². The topological polar surface area (TPSA) is 24.9 Å². The molecule has 0 radical (unpaired) electrons. The zero-order chi connectivity index (χ0) is 13.4. The van der Waals surface area contributed by atoms with Crippen LogP contribution in [0.2, 0.25) is 10.0 Å². The molecule has 19 heavy (non-hydrogen) atoms. The van der Waals surface area contributed by atoms with E-state index in [1.54, 1.807) is 23.5 Å². The minimum Gasteiger partial charge on any atom is -0.329 e. The average Bonchev–Trinajstić information content (AvgIpc) is 2.78. The highest BCUT2D eigenvalue weighted by Crippen LogP contribution is 2.35. The predicted molar refractivity (Wildman–Crippen MR) is 84.1 cm³/mol. The highest BCUT2D eigenvalue weighted by Gasteiger charge is 2.10. The second kappa shape index (κ2) is 5.00. The summed E-state index contributed by atoms with van der Waals surface area (Å²) < 4.78 is 1.14. The van der Waals surface area contributed by atoms with Gasteiger partial charge in [-0.2, -0.15) is 0 Å². The molecule has 0 aliphatic carbocycles. The number of halogens is 2. The molecule has 1 heterocycles. The number of thiazole rings is 1. The third-order valence-corrected chi connectivity index (χ3v) is 4.38. The number of aryl methyl sites for hydroxylation is 1. The van der Waals surface area contributed by atoms with Crippen molar-refractivity contribution in [3.8, 4) is 0 Å². The fourth-order valence-electron chi connectivity index (χ4n) is 1.86. The Labute approximate surface area is 125 Å². The molecule has 0 amide bonds. The number of aromatic nitrogens is 1. The minimum absolute atomic E-state index is 0.587. The molecular formula is C14H10Cl2N2S. The second-order valence-corrected chi connectivity index (χ2v) is 6.01. The number of nitrogens with zero attached hydrogens (tertiary/aromatic N) is 1. The molecule has 0 aliphatic heterocycles. The highest BCUT2D eigenvalue weighted by molar-refractivity contribution is 7.22. The van der Waals surface area contributed by atoms with Crippen molar-refractivity contribution in [1.82, 2.24) is 4.98 Å². The third-order valence-electron chi connectivity index (χ3n) is 2.82. The molecule has 0 aliphatic rings. The van der Waals surface area contributed by atoms with Crippen LogP contribution in [-0.2, 0) is 0 Å². The quantitative estimate of drug-likeness (QED) is 0.661. The first-order valence-corrected chi connectivity index (χ1v) is 7.29. The number of hydrogen-bond acceptors (Lipinski definition) is 3. The van der Waals surface area contributed by atoms with Gasteiger partial charge in [0.15, 0.2) is 5.13 Å². The van der Waals surface area contributed by atoms with E-state index in [0.29, 0.717) is 15.7 Å². The van der Waals surface area contributed by atoms with Crippen LogP contribution in [0.25, 0.3) is 10.2 Å². The number of benzene rings is 2. The van der Waals surface area contributed by atoms with Crippen LogP contribution in [0, 0.1) is 6.92 Å². The Morgan fingerprint density at radius 1 is 1.05 bits per heavy atom. The molecule has 0 atom stereocenters. The fraction of sp³-hybridized carbons (Fsp3) is 0.0714. The van der Waals surface area contributed by atoms with Gasteiger partial charge < -0.3 is 5.32 Å². The highest BCUT2D eigenvalue weighted by atomic mass is 35.5. The van der Waals surface area contributed by atoms with Gasteiger partial charge in [-0.15, -0.1) is 0 Å². The van der Waals surface area contributed by atoms with E-state index in [1.165, 1.54) is 0 Å². The molecule has 0 unspecified atom stereocenters. The van der Waals surface area contributed by atoms with E-state index in [1.807, 2.05) is 25.1 Å². The van der Waals surface area contributed by atoms with E-state index in [2.05, 4.69) is 16.4 Å². The van der Waals surface area contributed by atoms with Crippen molar-refractivity contribution in [3.63, 3.8) is 0 Å². The van der Waals surface area contributed by atoms with Crippen LogP contribution in [0.5, 0.6) is 0 Å². The van der Waals surface area contributed by atoms with E-state index in [9.17, 15) is 0 Å². The van der Waals surface area contributed by atoms with Crippen LogP contribution in [0.15, 0.2) is 36.4 Å². The molecule has 0 fully saturated rings. The lowest BCUT2D eigenvalue weighted by Crippen LogP contribution is -1.91. The smallest absolute Gasteiger partial charge is 0.188 e. The van der Waals surface area contributed by atoms with Crippen LogP contribution in [0.3, 0.4) is 0 Å². The maximum atomic E-state index is 6.14.